The number of aromatic nitrogens is 2. The Hall–Kier alpha value is -2.40. The summed E-state index contributed by atoms with van der Waals surface area (Å²) in [4.78, 5) is 32.8. The molecule has 4 rings (SSSR count). The van der Waals surface area contributed by atoms with Crippen LogP contribution in [0.2, 0.25) is 5.02 Å². The van der Waals surface area contributed by atoms with E-state index >= 15 is 0 Å². The zero-order valence-corrected chi connectivity index (χ0v) is 15.6. The van der Waals surface area contributed by atoms with Crippen molar-refractivity contribution in [3.8, 4) is 5.88 Å². The zero-order chi connectivity index (χ0) is 18.6. The van der Waals surface area contributed by atoms with Crippen LogP contribution in [-0.4, -0.2) is 15.8 Å². The fraction of sp³-hybridized carbons (Fsp3) is 0.350. The van der Waals surface area contributed by atoms with Crippen LogP contribution in [0.4, 0.5) is 0 Å². The van der Waals surface area contributed by atoms with Gasteiger partial charge in [-0.25, -0.2) is 0 Å². The molecule has 6 heteroatoms. The molecule has 1 N–H and O–H groups in total. The number of halogens is 1. The number of carbonyl (C=O) groups is 1. The second-order valence-corrected chi connectivity index (χ2v) is 8.17. The van der Waals surface area contributed by atoms with Gasteiger partial charge < -0.3 is 9.72 Å². The van der Waals surface area contributed by atoms with Crippen molar-refractivity contribution < 1.29 is 9.53 Å². The van der Waals surface area contributed by atoms with Crippen molar-refractivity contribution in [3.05, 3.63) is 67.9 Å². The molecular formula is C20H19ClN2O3. The highest BCUT2D eigenvalue weighted by molar-refractivity contribution is 6.30. The van der Waals surface area contributed by atoms with E-state index in [2.05, 4.69) is 9.97 Å². The van der Waals surface area contributed by atoms with Gasteiger partial charge in [-0.15, -0.1) is 0 Å². The van der Waals surface area contributed by atoms with Crippen LogP contribution in [0.5, 0.6) is 5.88 Å². The van der Waals surface area contributed by atoms with Crippen molar-refractivity contribution in [2.45, 2.75) is 39.5 Å². The van der Waals surface area contributed by atoms with Crippen LogP contribution >= 0.6 is 11.6 Å². The standard InChI is InChI=1S/C20H19ClN2O3/c1-10-22-18(25)17-15(11-4-6-12(21)7-5-11)16-13(24)8-20(2,3)9-14(16)26-19(17)23-10/h4-7,15H,8-9H2,1-3H3,(H,22,23,25). The number of aromatic amines is 1. The lowest BCUT2D eigenvalue weighted by Gasteiger charge is -2.37. The first-order valence-electron chi connectivity index (χ1n) is 8.55. The lowest BCUT2D eigenvalue weighted by atomic mass is 9.70. The second kappa shape index (κ2) is 5.81. The minimum absolute atomic E-state index is 0.0156. The number of hydrogen-bond acceptors (Lipinski definition) is 4. The molecule has 1 aliphatic carbocycles. The van der Waals surface area contributed by atoms with Crippen molar-refractivity contribution in [3.63, 3.8) is 0 Å². The van der Waals surface area contributed by atoms with E-state index in [0.29, 0.717) is 40.6 Å². The van der Waals surface area contributed by atoms with Gasteiger partial charge in [0.2, 0.25) is 5.88 Å². The average molecular weight is 371 g/mol. The first kappa shape index (κ1) is 17.0. The van der Waals surface area contributed by atoms with E-state index in [4.69, 9.17) is 16.3 Å². The van der Waals surface area contributed by atoms with Crippen molar-refractivity contribution >= 4 is 17.4 Å². The van der Waals surface area contributed by atoms with Gasteiger partial charge in [-0.3, -0.25) is 9.59 Å². The number of ketones is 1. The predicted molar refractivity (Wildman–Crippen MR) is 98.6 cm³/mol. The Bertz CT molecular complexity index is 1000. The molecule has 2 heterocycles. The third-order valence-electron chi connectivity index (χ3n) is 4.92. The third-order valence-corrected chi connectivity index (χ3v) is 5.17. The summed E-state index contributed by atoms with van der Waals surface area (Å²) in [7, 11) is 0. The lowest BCUT2D eigenvalue weighted by molar-refractivity contribution is -0.118. The summed E-state index contributed by atoms with van der Waals surface area (Å²) >= 11 is 6.02. The molecule has 0 spiro atoms. The topological polar surface area (TPSA) is 72.0 Å². The molecule has 5 nitrogen and oxygen atoms in total. The molecule has 0 saturated carbocycles. The number of ether oxygens (including phenoxy) is 1. The van der Waals surface area contributed by atoms with Gasteiger partial charge in [-0.1, -0.05) is 37.6 Å². The van der Waals surface area contributed by atoms with Gasteiger partial charge in [-0.05, 0) is 30.0 Å². The fourth-order valence-corrected chi connectivity index (χ4v) is 3.97. The van der Waals surface area contributed by atoms with E-state index in [0.717, 1.165) is 5.56 Å². The number of rotatable bonds is 1. The van der Waals surface area contributed by atoms with E-state index in [-0.39, 0.29) is 22.6 Å². The number of carbonyl (C=O) groups excluding carboxylic acids is 1. The number of nitrogens with zero attached hydrogens (tertiary/aromatic N) is 1. The van der Waals surface area contributed by atoms with Crippen LogP contribution in [0, 0.1) is 12.3 Å². The van der Waals surface area contributed by atoms with Crippen LogP contribution < -0.4 is 10.3 Å². The normalized spacial score (nSPS) is 21.1. The molecule has 1 unspecified atom stereocenters. The van der Waals surface area contributed by atoms with Crippen LogP contribution in [-0.2, 0) is 4.79 Å². The fourth-order valence-electron chi connectivity index (χ4n) is 3.84. The van der Waals surface area contributed by atoms with E-state index < -0.39 is 5.92 Å². The highest BCUT2D eigenvalue weighted by Crippen LogP contribution is 2.48. The molecule has 134 valence electrons. The monoisotopic (exact) mass is 370 g/mol. The van der Waals surface area contributed by atoms with E-state index in [1.165, 1.54) is 0 Å². The Balaban J connectivity index is 1.99. The molecule has 0 bridgehead atoms. The number of H-pyrrole nitrogens is 1. The maximum absolute atomic E-state index is 13.0. The number of fused-ring (bicyclic) bond motifs is 1. The van der Waals surface area contributed by atoms with Crippen molar-refractivity contribution in [1.29, 1.82) is 0 Å². The average Bonchev–Trinajstić information content (AvgIpc) is 2.52. The van der Waals surface area contributed by atoms with Gasteiger partial charge in [0, 0.05) is 23.4 Å². The highest BCUT2D eigenvalue weighted by Gasteiger charge is 2.43. The Morgan fingerprint density at radius 1 is 1.19 bits per heavy atom. The van der Waals surface area contributed by atoms with Crippen LogP contribution in [0.3, 0.4) is 0 Å². The SMILES string of the molecule is Cc1nc2c(c(=O)[nH]1)C(c1ccc(Cl)cc1)C1=C(CC(C)(C)CC1=O)O2. The molecule has 0 saturated heterocycles. The van der Waals surface area contributed by atoms with Gasteiger partial charge in [0.1, 0.15) is 11.6 Å². The predicted octanol–water partition coefficient (Wildman–Crippen LogP) is 3.90. The Kier molecular flexibility index (Phi) is 3.81. The minimum atomic E-state index is -0.494. The summed E-state index contributed by atoms with van der Waals surface area (Å²) < 4.78 is 5.98. The molecule has 0 amide bonds. The van der Waals surface area contributed by atoms with Crippen LogP contribution in [0.15, 0.2) is 40.4 Å². The van der Waals surface area contributed by atoms with Crippen LogP contribution in [0.1, 0.15) is 49.6 Å². The molecular weight excluding hydrogens is 352 g/mol. The molecule has 1 aromatic heterocycles. The molecule has 0 radical (unpaired) electrons. The number of Topliss-reactive ketones (excluding diaryl/α,β-unsaturated/α-hetero) is 1. The summed E-state index contributed by atoms with van der Waals surface area (Å²) in [5.74, 6) is 0.911. The summed E-state index contributed by atoms with van der Waals surface area (Å²) in [6.45, 7) is 5.80. The summed E-state index contributed by atoms with van der Waals surface area (Å²) in [5, 5.41) is 0.599. The van der Waals surface area contributed by atoms with Crippen molar-refractivity contribution in [2.75, 3.05) is 0 Å². The maximum atomic E-state index is 13.0. The van der Waals surface area contributed by atoms with Gasteiger partial charge in [0.05, 0.1) is 11.5 Å². The van der Waals surface area contributed by atoms with Gasteiger partial charge in [-0.2, -0.15) is 4.98 Å². The Morgan fingerprint density at radius 3 is 2.58 bits per heavy atom. The number of allylic oxidation sites excluding steroid dienone is 2. The largest absolute Gasteiger partial charge is 0.442 e. The van der Waals surface area contributed by atoms with Gasteiger partial charge >= 0.3 is 0 Å². The molecule has 1 aliphatic heterocycles. The molecule has 2 aromatic rings. The maximum Gasteiger partial charge on any atom is 0.258 e. The number of hydrogen-bond donors (Lipinski definition) is 1. The number of aryl methyl sites for hydroxylation is 1. The summed E-state index contributed by atoms with van der Waals surface area (Å²) in [5.41, 5.74) is 1.31. The summed E-state index contributed by atoms with van der Waals surface area (Å²) in [6, 6.07) is 7.22. The number of nitrogens with one attached hydrogen (secondary N) is 1. The zero-order valence-electron chi connectivity index (χ0n) is 14.9. The Labute approximate surface area is 156 Å². The van der Waals surface area contributed by atoms with Crippen molar-refractivity contribution in [2.24, 2.45) is 5.41 Å². The molecule has 2 aliphatic rings. The van der Waals surface area contributed by atoms with E-state index in [1.807, 2.05) is 26.0 Å². The number of benzene rings is 1. The Morgan fingerprint density at radius 2 is 1.88 bits per heavy atom. The first-order chi connectivity index (χ1) is 12.2. The molecule has 0 fully saturated rings. The lowest BCUT2D eigenvalue weighted by Crippen LogP contribution is -2.36. The molecule has 26 heavy (non-hydrogen) atoms. The van der Waals surface area contributed by atoms with Gasteiger partial charge in [0.25, 0.3) is 5.56 Å². The second-order valence-electron chi connectivity index (χ2n) is 7.73. The van der Waals surface area contributed by atoms with Gasteiger partial charge in [0.15, 0.2) is 5.78 Å². The quantitative estimate of drug-likeness (QED) is 0.826. The van der Waals surface area contributed by atoms with E-state index in [1.54, 1.807) is 19.1 Å². The van der Waals surface area contributed by atoms with Crippen molar-refractivity contribution in [1.82, 2.24) is 9.97 Å². The highest BCUT2D eigenvalue weighted by atomic mass is 35.5. The smallest absolute Gasteiger partial charge is 0.258 e. The summed E-state index contributed by atoms with van der Waals surface area (Å²) in [6.07, 6.45) is 1.05. The molecule has 1 aromatic carbocycles. The minimum Gasteiger partial charge on any atom is -0.442 e. The van der Waals surface area contributed by atoms with E-state index in [9.17, 15) is 9.59 Å². The van der Waals surface area contributed by atoms with Crippen LogP contribution in [0.25, 0.3) is 0 Å². The third kappa shape index (κ3) is 2.76. The molecule has 1 atom stereocenters. The first-order valence-corrected chi connectivity index (χ1v) is 8.93.